The summed E-state index contributed by atoms with van der Waals surface area (Å²) in [4.78, 5) is 9.46. The second-order valence-corrected chi connectivity index (χ2v) is 6.34. The molecule has 1 aliphatic carbocycles. The van der Waals surface area contributed by atoms with Crippen molar-refractivity contribution in [1.82, 2.24) is 15.1 Å². The van der Waals surface area contributed by atoms with Gasteiger partial charge in [0.1, 0.15) is 0 Å². The Bertz CT molecular complexity index is 335. The molecule has 0 amide bonds. The summed E-state index contributed by atoms with van der Waals surface area (Å²) in [6.45, 7) is 7.64. The number of nitrogens with zero attached hydrogens (tertiary/aromatic N) is 3. The highest BCUT2D eigenvalue weighted by atomic mass is 127. The molecule has 2 heterocycles. The van der Waals surface area contributed by atoms with Gasteiger partial charge in [-0.05, 0) is 31.6 Å². The Labute approximate surface area is 145 Å². The summed E-state index contributed by atoms with van der Waals surface area (Å²) in [6.07, 6.45) is 5.22. The first kappa shape index (κ1) is 17.3. The van der Waals surface area contributed by atoms with Gasteiger partial charge in [-0.15, -0.1) is 24.0 Å². The van der Waals surface area contributed by atoms with E-state index >= 15 is 0 Å². The number of ether oxygens (including phenoxy) is 1. The Morgan fingerprint density at radius 3 is 2.48 bits per heavy atom. The largest absolute Gasteiger partial charge is 0.381 e. The van der Waals surface area contributed by atoms with E-state index in [0.717, 1.165) is 51.3 Å². The van der Waals surface area contributed by atoms with Gasteiger partial charge in [0.15, 0.2) is 5.96 Å². The molecule has 3 aliphatic rings. The summed E-state index contributed by atoms with van der Waals surface area (Å²) in [5, 5.41) is 3.60. The first-order valence-corrected chi connectivity index (χ1v) is 8.13. The average Bonchev–Trinajstić information content (AvgIpc) is 2.92. The summed E-state index contributed by atoms with van der Waals surface area (Å²) >= 11 is 0. The minimum Gasteiger partial charge on any atom is -0.381 e. The van der Waals surface area contributed by atoms with E-state index in [9.17, 15) is 0 Å². The van der Waals surface area contributed by atoms with Gasteiger partial charge >= 0.3 is 0 Å². The normalized spacial score (nSPS) is 28.1. The summed E-state index contributed by atoms with van der Waals surface area (Å²) in [5.74, 6) is 1.87. The van der Waals surface area contributed by atoms with Crippen molar-refractivity contribution in [2.75, 3.05) is 53.0 Å². The Kier molecular flexibility index (Phi) is 7.01. The molecule has 0 radical (unpaired) electrons. The molecule has 122 valence electrons. The average molecular weight is 408 g/mol. The fourth-order valence-electron chi connectivity index (χ4n) is 3.27. The van der Waals surface area contributed by atoms with Crippen molar-refractivity contribution in [2.45, 2.75) is 31.7 Å². The summed E-state index contributed by atoms with van der Waals surface area (Å²) in [5.41, 5.74) is 0. The number of hydrogen-bond donors (Lipinski definition) is 1. The Morgan fingerprint density at radius 1 is 1.19 bits per heavy atom. The summed E-state index contributed by atoms with van der Waals surface area (Å²) in [6, 6.07) is 0.669. The van der Waals surface area contributed by atoms with Crippen molar-refractivity contribution < 1.29 is 4.74 Å². The van der Waals surface area contributed by atoms with Crippen LogP contribution in [0.3, 0.4) is 0 Å². The van der Waals surface area contributed by atoms with E-state index in [1.807, 2.05) is 7.05 Å². The Balaban J connectivity index is 0.00000161. The lowest BCUT2D eigenvalue weighted by Crippen LogP contribution is -2.55. The zero-order chi connectivity index (χ0) is 13.8. The maximum Gasteiger partial charge on any atom is 0.193 e. The van der Waals surface area contributed by atoms with Crippen molar-refractivity contribution >= 4 is 29.9 Å². The zero-order valence-corrected chi connectivity index (χ0v) is 15.4. The number of hydrogen-bond acceptors (Lipinski definition) is 3. The molecule has 6 heteroatoms. The van der Waals surface area contributed by atoms with Crippen LogP contribution in [0, 0.1) is 5.92 Å². The molecule has 1 saturated carbocycles. The maximum absolute atomic E-state index is 5.47. The van der Waals surface area contributed by atoms with Gasteiger partial charge in [0, 0.05) is 52.4 Å². The zero-order valence-electron chi connectivity index (χ0n) is 13.1. The molecular weight excluding hydrogens is 379 g/mol. The highest BCUT2D eigenvalue weighted by Crippen LogP contribution is 2.19. The van der Waals surface area contributed by atoms with E-state index in [0.29, 0.717) is 6.04 Å². The molecule has 0 spiro atoms. The van der Waals surface area contributed by atoms with Gasteiger partial charge in [-0.2, -0.15) is 0 Å². The SMILES string of the molecule is CN=C(NC1CCC1)N1CCN(CC2CCOC2)CC1.I. The topological polar surface area (TPSA) is 40.1 Å². The van der Waals surface area contributed by atoms with Crippen LogP contribution in [-0.2, 0) is 4.74 Å². The second-order valence-electron chi connectivity index (χ2n) is 6.34. The lowest BCUT2D eigenvalue weighted by molar-refractivity contribution is 0.138. The molecule has 0 aromatic heterocycles. The van der Waals surface area contributed by atoms with Crippen LogP contribution in [0.4, 0.5) is 0 Å². The third-order valence-corrected chi connectivity index (χ3v) is 4.86. The van der Waals surface area contributed by atoms with Gasteiger partial charge in [-0.1, -0.05) is 0 Å². The standard InChI is InChI=1S/C15H28N4O.HI/c1-16-15(17-14-3-2-4-14)19-8-6-18(7-9-19)11-13-5-10-20-12-13;/h13-14H,2-12H2,1H3,(H,16,17);1H. The molecule has 21 heavy (non-hydrogen) atoms. The Hall–Kier alpha value is -0.0800. The van der Waals surface area contributed by atoms with Gasteiger partial charge in [0.2, 0.25) is 0 Å². The molecule has 2 aliphatic heterocycles. The number of guanidine groups is 1. The first-order chi connectivity index (χ1) is 9.85. The predicted octanol–water partition coefficient (Wildman–Crippen LogP) is 1.39. The van der Waals surface area contributed by atoms with Gasteiger partial charge in [0.25, 0.3) is 0 Å². The molecule has 5 nitrogen and oxygen atoms in total. The van der Waals surface area contributed by atoms with Gasteiger partial charge in [-0.3, -0.25) is 9.89 Å². The molecular formula is C15H29IN4O. The van der Waals surface area contributed by atoms with E-state index in [-0.39, 0.29) is 24.0 Å². The smallest absolute Gasteiger partial charge is 0.193 e. The first-order valence-electron chi connectivity index (χ1n) is 8.13. The maximum atomic E-state index is 5.47. The van der Waals surface area contributed by atoms with Crippen LogP contribution in [-0.4, -0.2) is 74.8 Å². The summed E-state index contributed by atoms with van der Waals surface area (Å²) in [7, 11) is 1.91. The van der Waals surface area contributed by atoms with Crippen LogP contribution in [0.5, 0.6) is 0 Å². The number of aliphatic imine (C=N–C) groups is 1. The lowest BCUT2D eigenvalue weighted by atomic mass is 9.93. The lowest BCUT2D eigenvalue weighted by Gasteiger charge is -2.39. The summed E-state index contributed by atoms with van der Waals surface area (Å²) < 4.78 is 5.47. The molecule has 0 aromatic carbocycles. The third kappa shape index (κ3) is 4.69. The minimum absolute atomic E-state index is 0. The quantitative estimate of drug-likeness (QED) is 0.435. The number of piperazine rings is 1. The molecule has 3 fully saturated rings. The predicted molar refractivity (Wildman–Crippen MR) is 96.5 cm³/mol. The third-order valence-electron chi connectivity index (χ3n) is 4.86. The van der Waals surface area contributed by atoms with Crippen molar-refractivity contribution in [3.63, 3.8) is 0 Å². The van der Waals surface area contributed by atoms with Crippen LogP contribution in [0.15, 0.2) is 4.99 Å². The van der Waals surface area contributed by atoms with Crippen LogP contribution in [0.2, 0.25) is 0 Å². The van der Waals surface area contributed by atoms with E-state index in [2.05, 4.69) is 20.1 Å². The molecule has 0 aromatic rings. The number of rotatable bonds is 3. The number of nitrogens with one attached hydrogen (secondary N) is 1. The molecule has 1 N–H and O–H groups in total. The van der Waals surface area contributed by atoms with Gasteiger partial charge in [-0.25, -0.2) is 0 Å². The van der Waals surface area contributed by atoms with E-state index < -0.39 is 0 Å². The highest BCUT2D eigenvalue weighted by Gasteiger charge is 2.26. The van der Waals surface area contributed by atoms with Crippen molar-refractivity contribution in [1.29, 1.82) is 0 Å². The van der Waals surface area contributed by atoms with Crippen molar-refractivity contribution in [3.8, 4) is 0 Å². The van der Waals surface area contributed by atoms with Gasteiger partial charge < -0.3 is 15.0 Å². The van der Waals surface area contributed by atoms with Crippen LogP contribution in [0.1, 0.15) is 25.7 Å². The van der Waals surface area contributed by atoms with Crippen molar-refractivity contribution in [3.05, 3.63) is 0 Å². The Morgan fingerprint density at radius 2 is 1.95 bits per heavy atom. The highest BCUT2D eigenvalue weighted by molar-refractivity contribution is 14.0. The molecule has 3 rings (SSSR count). The van der Waals surface area contributed by atoms with Crippen LogP contribution in [0.25, 0.3) is 0 Å². The van der Waals surface area contributed by atoms with Crippen LogP contribution < -0.4 is 5.32 Å². The second kappa shape index (κ2) is 8.53. The fraction of sp³-hybridized carbons (Fsp3) is 0.933. The fourth-order valence-corrected chi connectivity index (χ4v) is 3.27. The van der Waals surface area contributed by atoms with E-state index in [1.165, 1.54) is 32.2 Å². The number of halogens is 1. The van der Waals surface area contributed by atoms with Gasteiger partial charge in [0.05, 0.1) is 6.61 Å². The van der Waals surface area contributed by atoms with E-state index in [1.54, 1.807) is 0 Å². The van der Waals surface area contributed by atoms with Crippen molar-refractivity contribution in [2.24, 2.45) is 10.9 Å². The van der Waals surface area contributed by atoms with Crippen LogP contribution >= 0.6 is 24.0 Å². The molecule has 0 bridgehead atoms. The molecule has 1 atom stereocenters. The minimum atomic E-state index is 0. The molecule has 1 unspecified atom stereocenters. The monoisotopic (exact) mass is 408 g/mol. The molecule has 2 saturated heterocycles. The van der Waals surface area contributed by atoms with E-state index in [4.69, 9.17) is 4.74 Å².